The highest BCUT2D eigenvalue weighted by molar-refractivity contribution is 5.80. The molecule has 1 aromatic heterocycles. The minimum absolute atomic E-state index is 0.676. The van der Waals surface area contributed by atoms with Gasteiger partial charge in [-0.05, 0) is 24.7 Å². The molecule has 1 saturated heterocycles. The SMILES string of the molecule is CN=C(NCc1ncnn1C)N1CC2CCCCC2C1. The lowest BCUT2D eigenvalue weighted by Crippen LogP contribution is -2.40. The average molecular weight is 276 g/mol. The third-order valence-corrected chi connectivity index (χ3v) is 4.70. The zero-order valence-electron chi connectivity index (χ0n) is 12.4. The van der Waals surface area contributed by atoms with Gasteiger partial charge in [0, 0.05) is 27.2 Å². The molecule has 1 N–H and O–H groups in total. The Labute approximate surface area is 120 Å². The molecule has 0 amide bonds. The van der Waals surface area contributed by atoms with Gasteiger partial charge in [0.1, 0.15) is 12.2 Å². The summed E-state index contributed by atoms with van der Waals surface area (Å²) in [7, 11) is 3.78. The molecule has 110 valence electrons. The molecular formula is C14H24N6. The smallest absolute Gasteiger partial charge is 0.194 e. The maximum atomic E-state index is 4.43. The molecule has 20 heavy (non-hydrogen) atoms. The summed E-state index contributed by atoms with van der Waals surface area (Å²) >= 11 is 0. The molecule has 0 aromatic carbocycles. The fourth-order valence-electron chi connectivity index (χ4n) is 3.55. The van der Waals surface area contributed by atoms with Crippen molar-refractivity contribution in [2.75, 3.05) is 20.1 Å². The minimum atomic E-state index is 0.676. The monoisotopic (exact) mass is 276 g/mol. The molecule has 0 bridgehead atoms. The Balaban J connectivity index is 1.59. The van der Waals surface area contributed by atoms with E-state index in [4.69, 9.17) is 0 Å². The van der Waals surface area contributed by atoms with Crippen LogP contribution in [0.25, 0.3) is 0 Å². The quantitative estimate of drug-likeness (QED) is 0.647. The number of nitrogens with zero attached hydrogens (tertiary/aromatic N) is 5. The second-order valence-electron chi connectivity index (χ2n) is 5.91. The minimum Gasteiger partial charge on any atom is -0.349 e. The Morgan fingerprint density at radius 2 is 2.05 bits per heavy atom. The molecule has 2 aliphatic rings. The van der Waals surface area contributed by atoms with Gasteiger partial charge in [0.2, 0.25) is 0 Å². The lowest BCUT2D eigenvalue weighted by molar-refractivity contribution is 0.299. The van der Waals surface area contributed by atoms with Crippen LogP contribution < -0.4 is 5.32 Å². The number of hydrogen-bond donors (Lipinski definition) is 1. The van der Waals surface area contributed by atoms with Crippen molar-refractivity contribution in [3.63, 3.8) is 0 Å². The zero-order chi connectivity index (χ0) is 13.9. The molecule has 6 heteroatoms. The van der Waals surface area contributed by atoms with Crippen molar-refractivity contribution in [3.8, 4) is 0 Å². The van der Waals surface area contributed by atoms with E-state index in [9.17, 15) is 0 Å². The van der Waals surface area contributed by atoms with Crippen LogP contribution in [0.4, 0.5) is 0 Å². The Hall–Kier alpha value is -1.59. The van der Waals surface area contributed by atoms with E-state index in [0.29, 0.717) is 6.54 Å². The molecule has 0 radical (unpaired) electrons. The number of likely N-dealkylation sites (tertiary alicyclic amines) is 1. The third-order valence-electron chi connectivity index (χ3n) is 4.70. The first kappa shape index (κ1) is 13.4. The first-order valence-corrected chi connectivity index (χ1v) is 7.56. The summed E-state index contributed by atoms with van der Waals surface area (Å²) in [6, 6.07) is 0. The van der Waals surface area contributed by atoms with E-state index in [-0.39, 0.29) is 0 Å². The predicted molar refractivity (Wildman–Crippen MR) is 78.2 cm³/mol. The second kappa shape index (κ2) is 5.81. The van der Waals surface area contributed by atoms with Crippen molar-refractivity contribution < 1.29 is 0 Å². The van der Waals surface area contributed by atoms with E-state index in [0.717, 1.165) is 36.7 Å². The molecule has 6 nitrogen and oxygen atoms in total. The molecule has 1 aliphatic carbocycles. The van der Waals surface area contributed by atoms with E-state index in [1.165, 1.54) is 25.7 Å². The van der Waals surface area contributed by atoms with Crippen LogP contribution >= 0.6 is 0 Å². The van der Waals surface area contributed by atoms with Gasteiger partial charge in [0.05, 0.1) is 6.54 Å². The fraction of sp³-hybridized carbons (Fsp3) is 0.786. The summed E-state index contributed by atoms with van der Waals surface area (Å²) < 4.78 is 1.80. The van der Waals surface area contributed by atoms with Crippen LogP contribution in [0, 0.1) is 11.8 Å². The predicted octanol–water partition coefficient (Wildman–Crippen LogP) is 1.01. The van der Waals surface area contributed by atoms with Crippen LogP contribution in [0.5, 0.6) is 0 Å². The number of guanidine groups is 1. The number of aliphatic imine (C=N–C) groups is 1. The normalized spacial score (nSPS) is 26.7. The highest BCUT2D eigenvalue weighted by Gasteiger charge is 2.35. The van der Waals surface area contributed by atoms with Crippen molar-refractivity contribution in [1.82, 2.24) is 25.0 Å². The van der Waals surface area contributed by atoms with Crippen LogP contribution in [0.3, 0.4) is 0 Å². The molecular weight excluding hydrogens is 252 g/mol. The molecule has 2 heterocycles. The summed E-state index contributed by atoms with van der Waals surface area (Å²) in [5.41, 5.74) is 0. The number of nitrogens with one attached hydrogen (secondary N) is 1. The van der Waals surface area contributed by atoms with E-state index in [1.54, 1.807) is 11.0 Å². The van der Waals surface area contributed by atoms with Crippen molar-refractivity contribution in [2.45, 2.75) is 32.2 Å². The maximum Gasteiger partial charge on any atom is 0.194 e. The van der Waals surface area contributed by atoms with Gasteiger partial charge in [-0.2, -0.15) is 5.10 Å². The Morgan fingerprint density at radius 3 is 2.60 bits per heavy atom. The molecule has 2 unspecified atom stereocenters. The second-order valence-corrected chi connectivity index (χ2v) is 5.91. The number of aromatic nitrogens is 3. The Morgan fingerprint density at radius 1 is 1.35 bits per heavy atom. The highest BCUT2D eigenvalue weighted by Crippen LogP contribution is 2.35. The van der Waals surface area contributed by atoms with E-state index in [1.807, 2.05) is 14.1 Å². The highest BCUT2D eigenvalue weighted by atomic mass is 15.3. The van der Waals surface area contributed by atoms with Gasteiger partial charge in [0.25, 0.3) is 0 Å². The molecule has 2 fully saturated rings. The van der Waals surface area contributed by atoms with Crippen molar-refractivity contribution in [3.05, 3.63) is 12.2 Å². The third kappa shape index (κ3) is 2.64. The van der Waals surface area contributed by atoms with Gasteiger partial charge >= 0.3 is 0 Å². The van der Waals surface area contributed by atoms with Gasteiger partial charge in [-0.1, -0.05) is 12.8 Å². The van der Waals surface area contributed by atoms with E-state index >= 15 is 0 Å². The van der Waals surface area contributed by atoms with E-state index < -0.39 is 0 Å². The maximum absolute atomic E-state index is 4.43. The van der Waals surface area contributed by atoms with E-state index in [2.05, 4.69) is 25.3 Å². The summed E-state index contributed by atoms with van der Waals surface area (Å²) in [5.74, 6) is 3.68. The Kier molecular flexibility index (Phi) is 3.89. The first-order chi connectivity index (χ1) is 9.78. The lowest BCUT2D eigenvalue weighted by Gasteiger charge is -2.22. The summed E-state index contributed by atoms with van der Waals surface area (Å²) in [5, 5.41) is 7.51. The van der Waals surface area contributed by atoms with Gasteiger partial charge in [-0.3, -0.25) is 9.67 Å². The number of fused-ring (bicyclic) bond motifs is 1. The van der Waals surface area contributed by atoms with Crippen LogP contribution in [-0.4, -0.2) is 45.8 Å². The number of aryl methyl sites for hydroxylation is 1. The number of hydrogen-bond acceptors (Lipinski definition) is 3. The molecule has 0 spiro atoms. The molecule has 1 aromatic rings. The van der Waals surface area contributed by atoms with Gasteiger partial charge in [-0.15, -0.1) is 0 Å². The van der Waals surface area contributed by atoms with Crippen LogP contribution in [-0.2, 0) is 13.6 Å². The molecule has 3 rings (SSSR count). The zero-order valence-corrected chi connectivity index (χ0v) is 12.4. The fourth-order valence-corrected chi connectivity index (χ4v) is 3.55. The average Bonchev–Trinajstić information content (AvgIpc) is 3.06. The van der Waals surface area contributed by atoms with Gasteiger partial charge in [-0.25, -0.2) is 4.98 Å². The summed E-state index contributed by atoms with van der Waals surface area (Å²) in [6.45, 7) is 2.99. The molecule has 1 aliphatic heterocycles. The van der Waals surface area contributed by atoms with Crippen molar-refractivity contribution in [1.29, 1.82) is 0 Å². The van der Waals surface area contributed by atoms with Gasteiger partial charge in [0.15, 0.2) is 5.96 Å². The first-order valence-electron chi connectivity index (χ1n) is 7.56. The van der Waals surface area contributed by atoms with Crippen LogP contribution in [0.1, 0.15) is 31.5 Å². The number of rotatable bonds is 2. The molecule has 2 atom stereocenters. The Bertz CT molecular complexity index is 466. The largest absolute Gasteiger partial charge is 0.349 e. The van der Waals surface area contributed by atoms with Crippen LogP contribution in [0.2, 0.25) is 0 Å². The topological polar surface area (TPSA) is 58.3 Å². The lowest BCUT2D eigenvalue weighted by atomic mass is 9.82. The van der Waals surface area contributed by atoms with Crippen molar-refractivity contribution in [2.24, 2.45) is 23.9 Å². The standard InChI is InChI=1S/C14H24N6/c1-15-14(16-7-13-17-10-18-19(13)2)20-8-11-5-3-4-6-12(11)9-20/h10-12H,3-9H2,1-2H3,(H,15,16). The summed E-state index contributed by atoms with van der Waals surface area (Å²) in [4.78, 5) is 11.1. The van der Waals surface area contributed by atoms with Crippen molar-refractivity contribution >= 4 is 5.96 Å². The van der Waals surface area contributed by atoms with Gasteiger partial charge < -0.3 is 10.2 Å². The summed E-state index contributed by atoms with van der Waals surface area (Å²) in [6.07, 6.45) is 7.17. The molecule has 1 saturated carbocycles. The van der Waals surface area contributed by atoms with Crippen LogP contribution in [0.15, 0.2) is 11.3 Å².